The third kappa shape index (κ3) is 7.18. The van der Waals surface area contributed by atoms with Crippen molar-refractivity contribution < 1.29 is 17.9 Å². The molecule has 1 aliphatic carbocycles. The SMILES string of the molecule is COc1ccc([C@H](Cc2ccncc2)c2cccc(NS(=O)(=O)Cc3ccccc3)c2)cc1OC1CCCC1. The maximum absolute atomic E-state index is 12.9. The zero-order chi connectivity index (χ0) is 27.1. The minimum absolute atomic E-state index is 0.0391. The number of nitrogens with one attached hydrogen (secondary N) is 1. The van der Waals surface area contributed by atoms with E-state index in [1.54, 1.807) is 25.6 Å². The Morgan fingerprint density at radius 3 is 2.33 bits per heavy atom. The Hall–Kier alpha value is -3.84. The van der Waals surface area contributed by atoms with Crippen molar-refractivity contribution in [3.8, 4) is 11.5 Å². The van der Waals surface area contributed by atoms with E-state index < -0.39 is 10.0 Å². The van der Waals surface area contributed by atoms with Gasteiger partial charge >= 0.3 is 0 Å². The van der Waals surface area contributed by atoms with Crippen LogP contribution in [0, 0.1) is 0 Å². The van der Waals surface area contributed by atoms with E-state index in [1.165, 1.54) is 12.8 Å². The fourth-order valence-electron chi connectivity index (χ4n) is 5.20. The van der Waals surface area contributed by atoms with Crippen molar-refractivity contribution in [2.45, 2.75) is 49.9 Å². The first kappa shape index (κ1) is 26.8. The van der Waals surface area contributed by atoms with Gasteiger partial charge in [0, 0.05) is 24.0 Å². The molecule has 0 unspecified atom stereocenters. The molecule has 3 aromatic carbocycles. The Balaban J connectivity index is 1.46. The average molecular weight is 543 g/mol. The largest absolute Gasteiger partial charge is 0.493 e. The van der Waals surface area contributed by atoms with Gasteiger partial charge in [0.05, 0.1) is 19.0 Å². The summed E-state index contributed by atoms with van der Waals surface area (Å²) >= 11 is 0. The Morgan fingerprint density at radius 2 is 1.59 bits per heavy atom. The highest BCUT2D eigenvalue weighted by molar-refractivity contribution is 7.91. The Kier molecular flexibility index (Phi) is 8.47. The third-order valence-corrected chi connectivity index (χ3v) is 8.40. The quantitative estimate of drug-likeness (QED) is 0.227. The van der Waals surface area contributed by atoms with Gasteiger partial charge in [0.25, 0.3) is 0 Å². The van der Waals surface area contributed by atoms with E-state index in [1.807, 2.05) is 66.7 Å². The molecule has 1 N–H and O–H groups in total. The minimum Gasteiger partial charge on any atom is -0.493 e. The van der Waals surface area contributed by atoms with Crippen molar-refractivity contribution in [2.75, 3.05) is 11.8 Å². The summed E-state index contributed by atoms with van der Waals surface area (Å²) in [7, 11) is -1.91. The van der Waals surface area contributed by atoms with Gasteiger partial charge in [-0.1, -0.05) is 48.5 Å². The van der Waals surface area contributed by atoms with E-state index in [9.17, 15) is 8.42 Å². The minimum atomic E-state index is -3.58. The third-order valence-electron chi connectivity index (χ3n) is 7.14. The molecule has 1 atom stereocenters. The first-order chi connectivity index (χ1) is 19.0. The number of rotatable bonds is 11. The molecule has 0 radical (unpaired) electrons. The first-order valence-corrected chi connectivity index (χ1v) is 15.0. The lowest BCUT2D eigenvalue weighted by Crippen LogP contribution is -2.15. The normalized spacial score (nSPS) is 14.6. The van der Waals surface area contributed by atoms with Gasteiger partial charge in [-0.3, -0.25) is 9.71 Å². The molecule has 7 heteroatoms. The smallest absolute Gasteiger partial charge is 0.236 e. The fourth-order valence-corrected chi connectivity index (χ4v) is 6.39. The lowest BCUT2D eigenvalue weighted by molar-refractivity contribution is 0.200. The lowest BCUT2D eigenvalue weighted by atomic mass is 9.86. The van der Waals surface area contributed by atoms with Crippen LogP contribution >= 0.6 is 0 Å². The van der Waals surface area contributed by atoms with E-state index in [2.05, 4.69) is 21.8 Å². The summed E-state index contributed by atoms with van der Waals surface area (Å²) in [6, 6.07) is 27.0. The molecule has 1 saturated carbocycles. The lowest BCUT2D eigenvalue weighted by Gasteiger charge is -2.22. The van der Waals surface area contributed by atoms with Crippen LogP contribution in [0.3, 0.4) is 0 Å². The predicted molar refractivity (Wildman–Crippen MR) is 155 cm³/mol. The number of anilines is 1. The summed E-state index contributed by atoms with van der Waals surface area (Å²) in [4.78, 5) is 4.17. The van der Waals surface area contributed by atoms with E-state index in [0.29, 0.717) is 5.69 Å². The molecule has 0 spiro atoms. The second kappa shape index (κ2) is 12.3. The van der Waals surface area contributed by atoms with Gasteiger partial charge in [0.15, 0.2) is 11.5 Å². The molecule has 6 nitrogen and oxygen atoms in total. The van der Waals surface area contributed by atoms with E-state index in [-0.39, 0.29) is 17.8 Å². The van der Waals surface area contributed by atoms with Crippen molar-refractivity contribution in [3.05, 3.63) is 120 Å². The van der Waals surface area contributed by atoms with Gasteiger partial charge in [-0.25, -0.2) is 8.42 Å². The molecule has 0 amide bonds. The Bertz CT molecular complexity index is 1470. The highest BCUT2D eigenvalue weighted by Crippen LogP contribution is 2.38. The van der Waals surface area contributed by atoms with Gasteiger partial charge in [-0.2, -0.15) is 0 Å². The van der Waals surface area contributed by atoms with Crippen molar-refractivity contribution >= 4 is 15.7 Å². The number of pyridine rings is 1. The predicted octanol–water partition coefficient (Wildman–Crippen LogP) is 6.73. The van der Waals surface area contributed by atoms with Gasteiger partial charge in [0.1, 0.15) is 0 Å². The molecule has 1 fully saturated rings. The van der Waals surface area contributed by atoms with Crippen molar-refractivity contribution in [1.82, 2.24) is 4.98 Å². The highest BCUT2D eigenvalue weighted by Gasteiger charge is 2.22. The van der Waals surface area contributed by atoms with E-state index in [4.69, 9.17) is 9.47 Å². The van der Waals surface area contributed by atoms with Crippen LogP contribution in [0.5, 0.6) is 11.5 Å². The number of methoxy groups -OCH3 is 1. The molecular weight excluding hydrogens is 508 g/mol. The van der Waals surface area contributed by atoms with Crippen LogP contribution in [0.2, 0.25) is 0 Å². The second-order valence-electron chi connectivity index (χ2n) is 10.0. The maximum Gasteiger partial charge on any atom is 0.236 e. The average Bonchev–Trinajstić information content (AvgIpc) is 3.45. The standard InChI is InChI=1S/C32H34N2O4S/c1-37-31-15-14-27(22-32(31)38-29-12-5-6-13-29)30(20-24-16-18-33-19-17-24)26-10-7-11-28(21-26)34-39(35,36)23-25-8-3-2-4-9-25/h2-4,7-11,14-19,21-22,29-30,34H,5-6,12-13,20,23H2,1H3/t30-/m1/s1. The summed E-state index contributed by atoms with van der Waals surface area (Å²) < 4.78 is 40.7. The fraction of sp³-hybridized carbons (Fsp3) is 0.281. The number of nitrogens with zero attached hydrogens (tertiary/aromatic N) is 1. The molecule has 0 bridgehead atoms. The molecule has 39 heavy (non-hydrogen) atoms. The van der Waals surface area contributed by atoms with Crippen LogP contribution in [-0.2, 0) is 22.2 Å². The van der Waals surface area contributed by atoms with Crippen LogP contribution in [-0.4, -0.2) is 26.6 Å². The van der Waals surface area contributed by atoms with Gasteiger partial charge < -0.3 is 9.47 Å². The summed E-state index contributed by atoms with van der Waals surface area (Å²) in [5.74, 6) is 1.35. The first-order valence-electron chi connectivity index (χ1n) is 13.4. The number of hydrogen-bond acceptors (Lipinski definition) is 5. The molecule has 1 aromatic heterocycles. The molecular formula is C32H34N2O4S. The van der Waals surface area contributed by atoms with Crippen LogP contribution in [0.25, 0.3) is 0 Å². The van der Waals surface area contributed by atoms with E-state index in [0.717, 1.165) is 53.0 Å². The van der Waals surface area contributed by atoms with Crippen LogP contribution in [0.1, 0.15) is 53.9 Å². The number of ether oxygens (including phenoxy) is 2. The molecule has 202 valence electrons. The second-order valence-corrected chi connectivity index (χ2v) is 11.7. The molecule has 4 aromatic rings. The molecule has 5 rings (SSSR count). The summed E-state index contributed by atoms with van der Waals surface area (Å²) in [5, 5.41) is 0. The monoisotopic (exact) mass is 542 g/mol. The van der Waals surface area contributed by atoms with Gasteiger partial charge in [-0.15, -0.1) is 0 Å². The van der Waals surface area contributed by atoms with Crippen molar-refractivity contribution in [2.24, 2.45) is 0 Å². The number of sulfonamides is 1. The zero-order valence-electron chi connectivity index (χ0n) is 22.1. The molecule has 1 heterocycles. The van der Waals surface area contributed by atoms with E-state index >= 15 is 0 Å². The Labute approximate surface area is 231 Å². The number of aromatic nitrogens is 1. The number of benzene rings is 3. The Morgan fingerprint density at radius 1 is 0.846 bits per heavy atom. The van der Waals surface area contributed by atoms with Crippen LogP contribution in [0.4, 0.5) is 5.69 Å². The van der Waals surface area contributed by atoms with Gasteiger partial charge in [-0.05, 0) is 90.8 Å². The molecule has 1 aliphatic rings. The summed E-state index contributed by atoms with van der Waals surface area (Å²) in [5.41, 5.74) is 4.50. The van der Waals surface area contributed by atoms with Crippen molar-refractivity contribution in [1.29, 1.82) is 0 Å². The summed E-state index contributed by atoms with van der Waals surface area (Å²) in [6.45, 7) is 0. The molecule has 0 saturated heterocycles. The summed E-state index contributed by atoms with van der Waals surface area (Å²) in [6.07, 6.45) is 8.99. The van der Waals surface area contributed by atoms with Crippen LogP contribution < -0.4 is 14.2 Å². The molecule has 0 aliphatic heterocycles. The van der Waals surface area contributed by atoms with Crippen LogP contribution in [0.15, 0.2) is 97.3 Å². The highest BCUT2D eigenvalue weighted by atomic mass is 32.2. The zero-order valence-corrected chi connectivity index (χ0v) is 22.9. The number of hydrogen-bond donors (Lipinski definition) is 1. The topological polar surface area (TPSA) is 77.5 Å². The van der Waals surface area contributed by atoms with Gasteiger partial charge in [0.2, 0.25) is 10.0 Å². The maximum atomic E-state index is 12.9. The van der Waals surface area contributed by atoms with Crippen molar-refractivity contribution in [3.63, 3.8) is 0 Å².